The number of hydrogen-bond acceptors (Lipinski definition) is 4. The fourth-order valence-corrected chi connectivity index (χ4v) is 3.99. The van der Waals surface area contributed by atoms with E-state index in [9.17, 15) is 0 Å². The fourth-order valence-electron chi connectivity index (χ4n) is 3.99. The van der Waals surface area contributed by atoms with Crippen molar-refractivity contribution in [2.24, 2.45) is 0 Å². The fraction of sp³-hybridized carbons (Fsp3) is 0.478. The summed E-state index contributed by atoms with van der Waals surface area (Å²) in [7, 11) is 5.70. The van der Waals surface area contributed by atoms with Gasteiger partial charge in [-0.15, -0.1) is 0 Å². The summed E-state index contributed by atoms with van der Waals surface area (Å²) in [6.07, 6.45) is 2.53. The van der Waals surface area contributed by atoms with Crippen molar-refractivity contribution in [1.29, 1.82) is 0 Å². The molecule has 3 rings (SSSR count). The number of likely N-dealkylation sites (N-methyl/N-ethyl adjacent to an activating group) is 1. The zero-order chi connectivity index (χ0) is 19.1. The van der Waals surface area contributed by atoms with Crippen molar-refractivity contribution in [1.82, 2.24) is 9.80 Å². The summed E-state index contributed by atoms with van der Waals surface area (Å²) in [5, 5.41) is 0. The molecule has 0 radical (unpaired) electrons. The number of rotatable bonds is 8. The van der Waals surface area contributed by atoms with E-state index in [2.05, 4.69) is 65.4 Å². The lowest BCUT2D eigenvalue weighted by molar-refractivity contribution is 0.107. The smallest absolute Gasteiger partial charge is 0.124 e. The van der Waals surface area contributed by atoms with Crippen LogP contribution in [0.25, 0.3) is 0 Å². The lowest BCUT2D eigenvalue weighted by Gasteiger charge is -2.38. The number of likely N-dealkylation sites (tertiary alicyclic amines) is 1. The number of benzene rings is 2. The maximum atomic E-state index is 5.45. The molecule has 1 aliphatic heterocycles. The molecule has 27 heavy (non-hydrogen) atoms. The molecule has 0 spiro atoms. The summed E-state index contributed by atoms with van der Waals surface area (Å²) in [4.78, 5) is 5.08. The molecule has 0 amide bonds. The molecule has 146 valence electrons. The van der Waals surface area contributed by atoms with Crippen molar-refractivity contribution in [2.45, 2.75) is 38.6 Å². The van der Waals surface area contributed by atoms with Crippen LogP contribution in [0.5, 0.6) is 5.75 Å². The van der Waals surface area contributed by atoms with E-state index < -0.39 is 0 Å². The van der Waals surface area contributed by atoms with Crippen molar-refractivity contribution in [3.8, 4) is 5.75 Å². The average molecular weight is 369 g/mol. The predicted octanol–water partition coefficient (Wildman–Crippen LogP) is 3.94. The van der Waals surface area contributed by atoms with E-state index in [4.69, 9.17) is 9.47 Å². The monoisotopic (exact) mass is 368 g/mol. The van der Waals surface area contributed by atoms with Gasteiger partial charge in [0.2, 0.25) is 0 Å². The second-order valence-electron chi connectivity index (χ2n) is 7.51. The van der Waals surface area contributed by atoms with Crippen molar-refractivity contribution >= 4 is 0 Å². The molecular formula is C23H32N2O2. The van der Waals surface area contributed by atoms with Gasteiger partial charge in [0.05, 0.1) is 13.7 Å². The van der Waals surface area contributed by atoms with Crippen LogP contribution in [0.15, 0.2) is 48.5 Å². The molecule has 0 aromatic heterocycles. The van der Waals surface area contributed by atoms with Crippen LogP contribution in [0.2, 0.25) is 0 Å². The second kappa shape index (κ2) is 9.88. The van der Waals surface area contributed by atoms with Gasteiger partial charge >= 0.3 is 0 Å². The predicted molar refractivity (Wildman–Crippen MR) is 110 cm³/mol. The van der Waals surface area contributed by atoms with Crippen LogP contribution in [-0.2, 0) is 24.4 Å². The summed E-state index contributed by atoms with van der Waals surface area (Å²) >= 11 is 0. The molecule has 0 bridgehead atoms. The number of ether oxygens (including phenoxy) is 2. The van der Waals surface area contributed by atoms with Crippen LogP contribution in [0.4, 0.5) is 0 Å². The van der Waals surface area contributed by atoms with Gasteiger partial charge in [-0.05, 0) is 49.7 Å². The van der Waals surface area contributed by atoms with Gasteiger partial charge in [-0.3, -0.25) is 9.80 Å². The van der Waals surface area contributed by atoms with Gasteiger partial charge in [-0.2, -0.15) is 0 Å². The molecule has 4 nitrogen and oxygen atoms in total. The van der Waals surface area contributed by atoms with Crippen LogP contribution in [0.1, 0.15) is 29.5 Å². The van der Waals surface area contributed by atoms with E-state index in [1.807, 2.05) is 0 Å². The number of piperidine rings is 1. The molecule has 4 heteroatoms. The lowest BCUT2D eigenvalue weighted by atomic mass is 10.0. The number of hydrogen-bond donors (Lipinski definition) is 0. The van der Waals surface area contributed by atoms with Gasteiger partial charge in [-0.25, -0.2) is 0 Å². The Balaban J connectivity index is 1.60. The molecule has 1 fully saturated rings. The van der Waals surface area contributed by atoms with E-state index in [0.29, 0.717) is 12.6 Å². The Bertz CT molecular complexity index is 705. The summed E-state index contributed by atoms with van der Waals surface area (Å²) in [5.74, 6) is 0.903. The van der Waals surface area contributed by atoms with Gasteiger partial charge in [0, 0.05) is 38.3 Å². The lowest BCUT2D eigenvalue weighted by Crippen LogP contribution is -2.45. The van der Waals surface area contributed by atoms with Gasteiger partial charge in [0.1, 0.15) is 5.75 Å². The van der Waals surface area contributed by atoms with E-state index >= 15 is 0 Å². The highest BCUT2D eigenvalue weighted by atomic mass is 16.5. The molecule has 2 aromatic rings. The van der Waals surface area contributed by atoms with Gasteiger partial charge in [0.15, 0.2) is 0 Å². The molecule has 0 aliphatic carbocycles. The summed E-state index contributed by atoms with van der Waals surface area (Å²) in [5.41, 5.74) is 3.83. The Morgan fingerprint density at radius 3 is 2.63 bits per heavy atom. The SMILES string of the molecule is COCc1cc(CN2CCCC(N(C)Cc3ccccc3)C2)ccc1OC. The minimum absolute atomic E-state index is 0.583. The van der Waals surface area contributed by atoms with E-state index in [0.717, 1.165) is 30.9 Å². The molecule has 1 heterocycles. The van der Waals surface area contributed by atoms with Crippen LogP contribution < -0.4 is 4.74 Å². The first-order chi connectivity index (χ1) is 13.2. The third-order valence-electron chi connectivity index (χ3n) is 5.43. The third kappa shape index (κ3) is 5.55. The van der Waals surface area contributed by atoms with Crippen LogP contribution in [0.3, 0.4) is 0 Å². The van der Waals surface area contributed by atoms with Gasteiger partial charge in [0.25, 0.3) is 0 Å². The first kappa shape index (κ1) is 19.9. The highest BCUT2D eigenvalue weighted by molar-refractivity contribution is 5.37. The highest BCUT2D eigenvalue weighted by Gasteiger charge is 2.23. The minimum Gasteiger partial charge on any atom is -0.496 e. The minimum atomic E-state index is 0.583. The molecule has 0 saturated carbocycles. The largest absolute Gasteiger partial charge is 0.496 e. The van der Waals surface area contributed by atoms with Crippen LogP contribution in [-0.4, -0.2) is 50.2 Å². The molecule has 0 N–H and O–H groups in total. The van der Waals surface area contributed by atoms with Gasteiger partial charge in [-0.1, -0.05) is 36.4 Å². The zero-order valence-corrected chi connectivity index (χ0v) is 16.9. The Morgan fingerprint density at radius 2 is 1.89 bits per heavy atom. The van der Waals surface area contributed by atoms with Crippen molar-refractivity contribution in [3.63, 3.8) is 0 Å². The van der Waals surface area contributed by atoms with Crippen LogP contribution >= 0.6 is 0 Å². The zero-order valence-electron chi connectivity index (χ0n) is 16.9. The summed E-state index contributed by atoms with van der Waals surface area (Å²) in [6.45, 7) is 4.87. The Kier molecular flexibility index (Phi) is 7.27. The molecule has 1 saturated heterocycles. The first-order valence-corrected chi connectivity index (χ1v) is 9.81. The maximum absolute atomic E-state index is 5.45. The van der Waals surface area contributed by atoms with E-state index in [1.54, 1.807) is 14.2 Å². The first-order valence-electron chi connectivity index (χ1n) is 9.81. The second-order valence-corrected chi connectivity index (χ2v) is 7.51. The normalized spacial score (nSPS) is 18.0. The molecule has 1 unspecified atom stereocenters. The summed E-state index contributed by atoms with van der Waals surface area (Å²) < 4.78 is 10.8. The third-order valence-corrected chi connectivity index (χ3v) is 5.43. The van der Waals surface area contributed by atoms with E-state index in [-0.39, 0.29) is 0 Å². The molecule has 1 atom stereocenters. The van der Waals surface area contributed by atoms with E-state index in [1.165, 1.54) is 30.5 Å². The number of nitrogens with zero attached hydrogens (tertiary/aromatic N) is 2. The van der Waals surface area contributed by atoms with Crippen molar-refractivity contribution in [3.05, 3.63) is 65.2 Å². The van der Waals surface area contributed by atoms with Crippen LogP contribution in [0, 0.1) is 0 Å². The van der Waals surface area contributed by atoms with Gasteiger partial charge < -0.3 is 9.47 Å². The average Bonchev–Trinajstić information content (AvgIpc) is 2.69. The quantitative estimate of drug-likeness (QED) is 0.705. The summed E-state index contributed by atoms with van der Waals surface area (Å²) in [6, 6.07) is 17.8. The standard InChI is InChI=1S/C23H32N2O2/c1-24(15-19-8-5-4-6-9-19)22-10-7-13-25(17-22)16-20-11-12-23(27-3)21(14-20)18-26-2/h4-6,8-9,11-12,14,22H,7,10,13,15-18H2,1-3H3. The number of methoxy groups -OCH3 is 2. The Morgan fingerprint density at radius 1 is 1.07 bits per heavy atom. The topological polar surface area (TPSA) is 24.9 Å². The molecule has 2 aromatic carbocycles. The Labute approximate surface area is 163 Å². The molecular weight excluding hydrogens is 336 g/mol. The van der Waals surface area contributed by atoms with Crippen molar-refractivity contribution in [2.75, 3.05) is 34.4 Å². The Hall–Kier alpha value is -1.88. The maximum Gasteiger partial charge on any atom is 0.124 e. The highest BCUT2D eigenvalue weighted by Crippen LogP contribution is 2.23. The van der Waals surface area contributed by atoms with Crippen molar-refractivity contribution < 1.29 is 9.47 Å². The molecule has 1 aliphatic rings.